The number of carbonyl (C=O) groups is 2. The van der Waals surface area contributed by atoms with Crippen LogP contribution in [0.4, 0.5) is 0 Å². The topological polar surface area (TPSA) is 62.3 Å². The average molecular weight is 597 g/mol. The zero-order valence-corrected chi connectivity index (χ0v) is 23.8. The number of nitrogens with zero attached hydrogens (tertiary/aromatic N) is 2. The standard InChI is InChI=1S/C30H24Cl3N3O2S/c31-22-8-4-20(5-9-22)19-36-27(37)17-30(39-26-14-12-24(33)13-15-26,28(36)21-6-10-23(32)11-7-21)29(38)35-18-25-3-1-2-16-34-25/h1-16,28H,17-19H2,(H,35,38). The Bertz CT molecular complexity index is 1450. The van der Waals surface area contributed by atoms with Crippen molar-refractivity contribution in [1.82, 2.24) is 15.2 Å². The monoisotopic (exact) mass is 595 g/mol. The molecule has 1 saturated heterocycles. The lowest BCUT2D eigenvalue weighted by Crippen LogP contribution is -2.48. The van der Waals surface area contributed by atoms with Crippen molar-refractivity contribution >= 4 is 58.4 Å². The molecule has 2 heterocycles. The van der Waals surface area contributed by atoms with Crippen molar-refractivity contribution in [3.05, 3.63) is 129 Å². The van der Waals surface area contributed by atoms with E-state index in [1.807, 2.05) is 54.6 Å². The first-order valence-electron chi connectivity index (χ1n) is 12.3. The van der Waals surface area contributed by atoms with E-state index in [-0.39, 0.29) is 24.8 Å². The Morgan fingerprint density at radius 3 is 2.13 bits per heavy atom. The molecule has 0 aliphatic carbocycles. The van der Waals surface area contributed by atoms with Gasteiger partial charge in [-0.25, -0.2) is 0 Å². The molecule has 1 fully saturated rings. The van der Waals surface area contributed by atoms with Crippen LogP contribution in [-0.2, 0) is 22.7 Å². The zero-order chi connectivity index (χ0) is 27.4. The van der Waals surface area contributed by atoms with Gasteiger partial charge in [0.15, 0.2) is 0 Å². The molecule has 5 nitrogen and oxygen atoms in total. The number of likely N-dealkylation sites (tertiary alicyclic amines) is 1. The molecule has 2 atom stereocenters. The highest BCUT2D eigenvalue weighted by atomic mass is 35.5. The number of aromatic nitrogens is 1. The van der Waals surface area contributed by atoms with Gasteiger partial charge in [0, 0.05) is 32.7 Å². The van der Waals surface area contributed by atoms with Crippen LogP contribution < -0.4 is 5.32 Å². The van der Waals surface area contributed by atoms with E-state index in [1.165, 1.54) is 11.8 Å². The Labute approximate surface area is 246 Å². The number of nitrogens with one attached hydrogen (secondary N) is 1. The molecule has 0 spiro atoms. The fourth-order valence-corrected chi connectivity index (χ4v) is 6.56. The minimum atomic E-state index is -1.18. The molecule has 5 rings (SSSR count). The number of hydrogen-bond acceptors (Lipinski definition) is 4. The predicted octanol–water partition coefficient (Wildman–Crippen LogP) is 7.36. The van der Waals surface area contributed by atoms with Gasteiger partial charge in [-0.1, -0.05) is 65.1 Å². The zero-order valence-electron chi connectivity index (χ0n) is 20.7. The number of benzene rings is 3. The highest BCUT2D eigenvalue weighted by molar-refractivity contribution is 8.01. The van der Waals surface area contributed by atoms with Crippen molar-refractivity contribution in [2.45, 2.75) is 35.2 Å². The Morgan fingerprint density at radius 2 is 1.51 bits per heavy atom. The van der Waals surface area contributed by atoms with Gasteiger partial charge in [-0.05, 0) is 71.8 Å². The second kappa shape index (κ2) is 12.0. The molecule has 3 aromatic carbocycles. The summed E-state index contributed by atoms with van der Waals surface area (Å²) in [5.74, 6) is -0.376. The van der Waals surface area contributed by atoms with Crippen LogP contribution in [0.25, 0.3) is 0 Å². The van der Waals surface area contributed by atoms with Crippen LogP contribution >= 0.6 is 46.6 Å². The predicted molar refractivity (Wildman–Crippen MR) is 157 cm³/mol. The maximum Gasteiger partial charge on any atom is 0.239 e. The number of amides is 2. The summed E-state index contributed by atoms with van der Waals surface area (Å²) < 4.78 is -1.18. The third-order valence-electron chi connectivity index (χ3n) is 6.59. The van der Waals surface area contributed by atoms with Crippen LogP contribution in [0.5, 0.6) is 0 Å². The summed E-state index contributed by atoms with van der Waals surface area (Å²) in [7, 11) is 0. The number of pyridine rings is 1. The molecule has 4 aromatic rings. The normalized spacial score (nSPS) is 18.8. The fourth-order valence-electron chi connectivity index (χ4n) is 4.76. The minimum Gasteiger partial charge on any atom is -0.349 e. The first-order chi connectivity index (χ1) is 18.8. The molecular formula is C30H24Cl3N3O2S. The van der Waals surface area contributed by atoms with Crippen LogP contribution in [0.15, 0.2) is 102 Å². The number of halogens is 3. The molecule has 198 valence electrons. The van der Waals surface area contributed by atoms with Crippen molar-refractivity contribution in [1.29, 1.82) is 0 Å². The smallest absolute Gasteiger partial charge is 0.239 e. The summed E-state index contributed by atoms with van der Waals surface area (Å²) in [6.07, 6.45) is 1.69. The molecular weight excluding hydrogens is 573 g/mol. The summed E-state index contributed by atoms with van der Waals surface area (Å²) in [6, 6.07) is 27.0. The lowest BCUT2D eigenvalue weighted by molar-refractivity contribution is -0.129. The van der Waals surface area contributed by atoms with E-state index in [9.17, 15) is 9.59 Å². The van der Waals surface area contributed by atoms with E-state index in [4.69, 9.17) is 34.8 Å². The van der Waals surface area contributed by atoms with Crippen LogP contribution in [0.2, 0.25) is 15.1 Å². The van der Waals surface area contributed by atoms with E-state index in [1.54, 1.807) is 47.5 Å². The third-order valence-corrected chi connectivity index (χ3v) is 8.77. The van der Waals surface area contributed by atoms with Gasteiger partial charge in [0.05, 0.1) is 24.7 Å². The van der Waals surface area contributed by atoms with E-state index in [2.05, 4.69) is 10.3 Å². The van der Waals surface area contributed by atoms with Gasteiger partial charge >= 0.3 is 0 Å². The maximum absolute atomic E-state index is 14.2. The molecule has 9 heteroatoms. The molecule has 2 unspecified atom stereocenters. The molecule has 0 radical (unpaired) electrons. The largest absolute Gasteiger partial charge is 0.349 e. The van der Waals surface area contributed by atoms with E-state index < -0.39 is 10.8 Å². The number of carbonyl (C=O) groups excluding carboxylic acids is 2. The van der Waals surface area contributed by atoms with Crippen molar-refractivity contribution in [3.63, 3.8) is 0 Å². The summed E-state index contributed by atoms with van der Waals surface area (Å²) in [5.41, 5.74) is 2.45. The molecule has 1 N–H and O–H groups in total. The Balaban J connectivity index is 1.58. The number of rotatable bonds is 8. The summed E-state index contributed by atoms with van der Waals surface area (Å²) in [4.78, 5) is 35.0. The highest BCUT2D eigenvalue weighted by Gasteiger charge is 2.58. The molecule has 2 amide bonds. The van der Waals surface area contributed by atoms with Crippen LogP contribution in [0.1, 0.15) is 29.3 Å². The maximum atomic E-state index is 14.2. The van der Waals surface area contributed by atoms with Gasteiger partial charge in [-0.3, -0.25) is 14.6 Å². The second-order valence-electron chi connectivity index (χ2n) is 9.23. The van der Waals surface area contributed by atoms with Gasteiger partial charge in [0.2, 0.25) is 11.8 Å². The molecule has 1 aliphatic heterocycles. The Hall–Kier alpha value is -3.03. The van der Waals surface area contributed by atoms with E-state index in [0.29, 0.717) is 21.6 Å². The highest BCUT2D eigenvalue weighted by Crippen LogP contribution is 2.53. The number of thioether (sulfide) groups is 1. The third kappa shape index (κ3) is 6.25. The van der Waals surface area contributed by atoms with Crippen molar-refractivity contribution in [2.24, 2.45) is 0 Å². The minimum absolute atomic E-state index is 0.00915. The van der Waals surface area contributed by atoms with E-state index in [0.717, 1.165) is 21.7 Å². The Kier molecular flexibility index (Phi) is 8.48. The first kappa shape index (κ1) is 27.5. The van der Waals surface area contributed by atoms with Crippen molar-refractivity contribution in [3.8, 4) is 0 Å². The van der Waals surface area contributed by atoms with Gasteiger partial charge in [-0.15, -0.1) is 11.8 Å². The average Bonchev–Trinajstić information content (AvgIpc) is 3.22. The number of hydrogen-bond donors (Lipinski definition) is 1. The molecule has 1 aromatic heterocycles. The van der Waals surface area contributed by atoms with Crippen LogP contribution in [0.3, 0.4) is 0 Å². The summed E-state index contributed by atoms with van der Waals surface area (Å²) >= 11 is 19.9. The van der Waals surface area contributed by atoms with E-state index >= 15 is 0 Å². The van der Waals surface area contributed by atoms with Gasteiger partial charge in [-0.2, -0.15) is 0 Å². The van der Waals surface area contributed by atoms with Gasteiger partial charge in [0.1, 0.15) is 4.75 Å². The quantitative estimate of drug-likeness (QED) is 0.231. The van der Waals surface area contributed by atoms with Crippen molar-refractivity contribution < 1.29 is 9.59 Å². The lowest BCUT2D eigenvalue weighted by atomic mass is 9.91. The fraction of sp³-hybridized carbons (Fsp3) is 0.167. The molecule has 0 bridgehead atoms. The van der Waals surface area contributed by atoms with Crippen molar-refractivity contribution in [2.75, 3.05) is 0 Å². The Morgan fingerprint density at radius 1 is 0.897 bits per heavy atom. The molecule has 1 aliphatic rings. The second-order valence-corrected chi connectivity index (χ2v) is 11.9. The van der Waals surface area contributed by atoms with Gasteiger partial charge in [0.25, 0.3) is 0 Å². The first-order valence-corrected chi connectivity index (χ1v) is 14.2. The van der Waals surface area contributed by atoms with Crippen LogP contribution in [-0.4, -0.2) is 26.4 Å². The molecule has 0 saturated carbocycles. The van der Waals surface area contributed by atoms with Gasteiger partial charge < -0.3 is 10.2 Å². The lowest BCUT2D eigenvalue weighted by Gasteiger charge is -2.36. The summed E-state index contributed by atoms with van der Waals surface area (Å²) in [6.45, 7) is 0.557. The summed E-state index contributed by atoms with van der Waals surface area (Å²) in [5, 5.41) is 4.84. The van der Waals surface area contributed by atoms with Crippen LogP contribution in [0, 0.1) is 0 Å². The molecule has 39 heavy (non-hydrogen) atoms. The SMILES string of the molecule is O=C1CC(Sc2ccc(Cl)cc2)(C(=O)NCc2ccccn2)C(c2ccc(Cl)cc2)N1Cc1ccc(Cl)cc1.